The number of hydrogen-bond acceptors (Lipinski definition) is 8. The highest BCUT2D eigenvalue weighted by atomic mass is 19.1. The largest absolute Gasteiger partial charge is 0.438 e. The zero-order chi connectivity index (χ0) is 25.3. The zero-order valence-electron chi connectivity index (χ0n) is 20.2. The van der Waals surface area contributed by atoms with Crippen LogP contribution in [0.4, 0.5) is 14.9 Å². The van der Waals surface area contributed by atoms with E-state index in [1.54, 1.807) is 11.9 Å². The Bertz CT molecular complexity index is 915. The molecular formula is C22H34FN7O4. The van der Waals surface area contributed by atoms with Gasteiger partial charge < -0.3 is 25.2 Å². The molecular weight excluding hydrogens is 445 g/mol. The molecule has 1 aromatic carbocycles. The zero-order valence-corrected chi connectivity index (χ0v) is 20.2. The molecule has 0 saturated carbocycles. The van der Waals surface area contributed by atoms with Crippen molar-refractivity contribution in [2.75, 3.05) is 54.4 Å². The Morgan fingerprint density at radius 1 is 1.38 bits per heavy atom. The van der Waals surface area contributed by atoms with Crippen LogP contribution in [0.5, 0.6) is 5.75 Å². The highest BCUT2D eigenvalue weighted by Gasteiger charge is 2.25. The SMILES string of the molecule is CN=C(C=C(N)Oc1ccc([N+](=O)[O-])cc1F)NC(=O)N(C)C1CCN(CCCN(C)C)CC1. The molecule has 1 aliphatic heterocycles. The fourth-order valence-corrected chi connectivity index (χ4v) is 3.64. The van der Waals surface area contributed by atoms with Crippen LogP contribution in [0.1, 0.15) is 19.3 Å². The van der Waals surface area contributed by atoms with E-state index in [9.17, 15) is 19.3 Å². The van der Waals surface area contributed by atoms with Crippen LogP contribution in [0.15, 0.2) is 35.2 Å². The van der Waals surface area contributed by atoms with E-state index in [2.05, 4.69) is 34.2 Å². The van der Waals surface area contributed by atoms with Crippen LogP contribution < -0.4 is 15.8 Å². The number of non-ortho nitro benzene ring substituents is 1. The number of piperidine rings is 1. The number of carbonyl (C=O) groups excluding carboxylic acids is 1. The van der Waals surface area contributed by atoms with Crippen molar-refractivity contribution < 1.29 is 18.8 Å². The predicted octanol–water partition coefficient (Wildman–Crippen LogP) is 2.00. The van der Waals surface area contributed by atoms with Gasteiger partial charge in [0, 0.05) is 45.4 Å². The number of amidine groups is 1. The summed E-state index contributed by atoms with van der Waals surface area (Å²) in [5.41, 5.74) is 5.40. The minimum Gasteiger partial charge on any atom is -0.438 e. The number of benzene rings is 1. The van der Waals surface area contributed by atoms with Gasteiger partial charge in [-0.25, -0.2) is 9.18 Å². The quantitative estimate of drug-likeness (QED) is 0.182. The van der Waals surface area contributed by atoms with Crippen LogP contribution in [0, 0.1) is 15.9 Å². The van der Waals surface area contributed by atoms with Crippen LogP contribution >= 0.6 is 0 Å². The third kappa shape index (κ3) is 8.27. The summed E-state index contributed by atoms with van der Waals surface area (Å²) in [5, 5.41) is 13.4. The second-order valence-electron chi connectivity index (χ2n) is 8.40. The molecule has 11 nitrogen and oxygen atoms in total. The Morgan fingerprint density at radius 2 is 2.06 bits per heavy atom. The minimum atomic E-state index is -0.933. The number of nitrogens with two attached hydrogens (primary N) is 1. The number of amides is 2. The molecule has 2 rings (SSSR count). The fourth-order valence-electron chi connectivity index (χ4n) is 3.64. The number of urea groups is 1. The summed E-state index contributed by atoms with van der Waals surface area (Å²) in [6.07, 6.45) is 4.12. The van der Waals surface area contributed by atoms with E-state index >= 15 is 0 Å². The molecule has 0 radical (unpaired) electrons. The lowest BCUT2D eigenvalue weighted by atomic mass is 10.0. The van der Waals surface area contributed by atoms with Gasteiger partial charge in [0.15, 0.2) is 17.4 Å². The summed E-state index contributed by atoms with van der Waals surface area (Å²) >= 11 is 0. The normalized spacial score (nSPS) is 15.9. The highest BCUT2D eigenvalue weighted by molar-refractivity contribution is 6.03. The van der Waals surface area contributed by atoms with E-state index in [0.717, 1.165) is 63.6 Å². The van der Waals surface area contributed by atoms with Crippen molar-refractivity contribution in [2.45, 2.75) is 25.3 Å². The Morgan fingerprint density at radius 3 is 2.62 bits per heavy atom. The van der Waals surface area contributed by atoms with Crippen molar-refractivity contribution in [1.82, 2.24) is 20.0 Å². The lowest BCUT2D eigenvalue weighted by Crippen LogP contribution is -2.50. The van der Waals surface area contributed by atoms with E-state index in [0.29, 0.717) is 0 Å². The second-order valence-corrected chi connectivity index (χ2v) is 8.40. The van der Waals surface area contributed by atoms with Crippen molar-refractivity contribution >= 4 is 17.6 Å². The summed E-state index contributed by atoms with van der Waals surface area (Å²) in [6.45, 7) is 3.98. The number of ether oxygens (including phenoxy) is 1. The third-order valence-electron chi connectivity index (χ3n) is 5.61. The molecule has 3 N–H and O–H groups in total. The first kappa shape index (κ1) is 27.0. The van der Waals surface area contributed by atoms with Gasteiger partial charge in [0.25, 0.3) is 5.69 Å². The van der Waals surface area contributed by atoms with Gasteiger partial charge in [0.05, 0.1) is 11.0 Å². The maximum atomic E-state index is 14.0. The number of halogens is 1. The Kier molecular flexibility index (Phi) is 10.2. The van der Waals surface area contributed by atoms with Crippen LogP contribution in [0.2, 0.25) is 0 Å². The number of nitrogens with one attached hydrogen (secondary N) is 1. The van der Waals surface area contributed by atoms with Gasteiger partial charge >= 0.3 is 6.03 Å². The predicted molar refractivity (Wildman–Crippen MR) is 128 cm³/mol. The maximum absolute atomic E-state index is 14.0. The smallest absolute Gasteiger partial charge is 0.322 e. The molecule has 1 heterocycles. The molecule has 0 atom stereocenters. The molecule has 12 heteroatoms. The van der Waals surface area contributed by atoms with Crippen LogP contribution in [-0.2, 0) is 0 Å². The molecule has 2 amide bonds. The molecule has 1 aliphatic rings. The Hall–Kier alpha value is -3.25. The van der Waals surface area contributed by atoms with Gasteiger partial charge in [-0.3, -0.25) is 20.4 Å². The van der Waals surface area contributed by atoms with Gasteiger partial charge in [-0.05, 0) is 52.5 Å². The average Bonchev–Trinajstić information content (AvgIpc) is 2.79. The second kappa shape index (κ2) is 12.8. The lowest BCUT2D eigenvalue weighted by Gasteiger charge is -2.36. The van der Waals surface area contributed by atoms with E-state index in [-0.39, 0.29) is 29.5 Å². The Balaban J connectivity index is 1.88. The number of nitro groups is 1. The summed E-state index contributed by atoms with van der Waals surface area (Å²) in [7, 11) is 7.34. The topological polar surface area (TPSA) is 130 Å². The fraction of sp³-hybridized carbons (Fsp3) is 0.545. The van der Waals surface area contributed by atoms with Crippen molar-refractivity contribution in [3.63, 3.8) is 0 Å². The number of likely N-dealkylation sites (tertiary alicyclic amines) is 1. The van der Waals surface area contributed by atoms with Crippen molar-refractivity contribution in [2.24, 2.45) is 10.7 Å². The monoisotopic (exact) mass is 479 g/mol. The number of carbonyl (C=O) groups is 1. The summed E-state index contributed by atoms with van der Waals surface area (Å²) in [6, 6.07) is 2.72. The molecule has 1 aromatic rings. The number of nitro benzene ring substituents is 1. The van der Waals surface area contributed by atoms with E-state index < -0.39 is 16.4 Å². The Labute approximate surface area is 199 Å². The van der Waals surface area contributed by atoms with Gasteiger partial charge in [0.1, 0.15) is 5.84 Å². The van der Waals surface area contributed by atoms with Crippen molar-refractivity contribution in [1.29, 1.82) is 0 Å². The maximum Gasteiger partial charge on any atom is 0.322 e. The number of hydrogen-bond donors (Lipinski definition) is 2. The van der Waals surface area contributed by atoms with Crippen LogP contribution in [-0.4, -0.2) is 91.9 Å². The molecule has 1 saturated heterocycles. The molecule has 0 aromatic heterocycles. The standard InChI is InChI=1S/C22H34FN7O4/c1-25-21(15-20(24)34-19-7-6-17(30(32)33)14-18(19)23)26-22(31)28(4)16-8-12-29(13-9-16)11-5-10-27(2)3/h6-7,14-16H,5,8-13,24H2,1-4H3,(H,25,26,31). The molecule has 0 aliphatic carbocycles. The van der Waals surface area contributed by atoms with E-state index in [1.165, 1.54) is 13.1 Å². The first-order chi connectivity index (χ1) is 16.1. The van der Waals surface area contributed by atoms with E-state index in [4.69, 9.17) is 10.5 Å². The first-order valence-electron chi connectivity index (χ1n) is 11.1. The molecule has 0 spiro atoms. The number of aliphatic imine (C=N–C) groups is 1. The van der Waals surface area contributed by atoms with Crippen LogP contribution in [0.3, 0.4) is 0 Å². The minimum absolute atomic E-state index is 0.106. The highest BCUT2D eigenvalue weighted by Crippen LogP contribution is 2.23. The molecule has 34 heavy (non-hydrogen) atoms. The first-order valence-corrected chi connectivity index (χ1v) is 11.1. The average molecular weight is 480 g/mol. The number of nitrogens with zero attached hydrogens (tertiary/aromatic N) is 5. The summed E-state index contributed by atoms with van der Waals surface area (Å²) < 4.78 is 19.2. The molecule has 188 valence electrons. The van der Waals surface area contributed by atoms with Crippen LogP contribution in [0.25, 0.3) is 0 Å². The summed E-state index contributed by atoms with van der Waals surface area (Å²) in [4.78, 5) is 33.0. The van der Waals surface area contributed by atoms with Crippen molar-refractivity contribution in [3.8, 4) is 5.75 Å². The van der Waals surface area contributed by atoms with Gasteiger partial charge in [-0.2, -0.15) is 0 Å². The summed E-state index contributed by atoms with van der Waals surface area (Å²) in [5.74, 6) is -1.31. The molecule has 0 bridgehead atoms. The van der Waals surface area contributed by atoms with Gasteiger partial charge in [-0.1, -0.05) is 0 Å². The molecule has 0 unspecified atom stereocenters. The molecule has 1 fully saturated rings. The number of rotatable bonds is 9. The van der Waals surface area contributed by atoms with Crippen molar-refractivity contribution in [3.05, 3.63) is 46.1 Å². The lowest BCUT2D eigenvalue weighted by molar-refractivity contribution is -0.385. The third-order valence-corrected chi connectivity index (χ3v) is 5.61. The van der Waals surface area contributed by atoms with E-state index in [1.807, 2.05) is 0 Å². The van der Waals surface area contributed by atoms with Gasteiger partial charge in [-0.15, -0.1) is 0 Å². The van der Waals surface area contributed by atoms with Gasteiger partial charge in [0.2, 0.25) is 0 Å².